The summed E-state index contributed by atoms with van der Waals surface area (Å²) < 4.78 is 10.9. The van der Waals surface area contributed by atoms with E-state index in [0.717, 1.165) is 32.2 Å². The summed E-state index contributed by atoms with van der Waals surface area (Å²) in [5.41, 5.74) is 0. The summed E-state index contributed by atoms with van der Waals surface area (Å²) in [7, 11) is 0. The second-order valence-corrected chi connectivity index (χ2v) is 7.28. The van der Waals surface area contributed by atoms with E-state index in [-0.39, 0.29) is 6.79 Å². The molecular weight excluding hydrogens is 324 g/mol. The van der Waals surface area contributed by atoms with Gasteiger partial charge in [0.2, 0.25) is 0 Å². The Bertz CT molecular complexity index is 313. The summed E-state index contributed by atoms with van der Waals surface area (Å²) in [6.07, 6.45) is 23.0. The lowest BCUT2D eigenvalue weighted by Crippen LogP contribution is -2.02. The largest absolute Gasteiger partial charge is 0.464 e. The average molecular weight is 369 g/mol. The Morgan fingerprint density at radius 3 is 1.73 bits per heavy atom. The predicted molar refractivity (Wildman–Crippen MR) is 111 cm³/mol. The second kappa shape index (κ2) is 22.2. The van der Waals surface area contributed by atoms with Gasteiger partial charge in [-0.05, 0) is 25.3 Å². The lowest BCUT2D eigenvalue weighted by molar-refractivity contribution is -0.111. The predicted octanol–water partition coefficient (Wildman–Crippen LogP) is 7.34. The number of allylic oxidation sites excluding steroid dienone is 2. The van der Waals surface area contributed by atoms with Crippen LogP contribution in [0.3, 0.4) is 0 Å². The third-order valence-electron chi connectivity index (χ3n) is 4.72. The third kappa shape index (κ3) is 19.5. The van der Waals surface area contributed by atoms with Gasteiger partial charge in [0.15, 0.2) is 18.8 Å². The quantitative estimate of drug-likeness (QED) is 0.0698. The van der Waals surface area contributed by atoms with Crippen molar-refractivity contribution in [1.29, 1.82) is 0 Å². The summed E-state index contributed by atoms with van der Waals surface area (Å²) in [5, 5.41) is 0. The molecule has 3 heteroatoms. The minimum atomic E-state index is 0.192. The van der Waals surface area contributed by atoms with Gasteiger partial charge in [0.05, 0.1) is 6.61 Å². The van der Waals surface area contributed by atoms with Crippen molar-refractivity contribution in [1.82, 2.24) is 0 Å². The van der Waals surface area contributed by atoms with Gasteiger partial charge in [0.1, 0.15) is 0 Å². The third-order valence-corrected chi connectivity index (χ3v) is 4.72. The van der Waals surface area contributed by atoms with E-state index in [1.165, 1.54) is 83.5 Å². The topological polar surface area (TPSA) is 35.5 Å². The number of carbonyl (C=O) groups is 1. The number of rotatable bonds is 21. The van der Waals surface area contributed by atoms with E-state index >= 15 is 0 Å². The Kier molecular flexibility index (Phi) is 21.5. The fraction of sp³-hybridized carbons (Fsp3) is 0.870. The van der Waals surface area contributed by atoms with Crippen molar-refractivity contribution in [2.75, 3.05) is 13.4 Å². The van der Waals surface area contributed by atoms with E-state index in [1.54, 1.807) is 0 Å². The van der Waals surface area contributed by atoms with E-state index in [2.05, 4.69) is 13.8 Å². The molecule has 0 aromatic carbocycles. The molecule has 0 amide bonds. The molecule has 0 radical (unpaired) electrons. The minimum absolute atomic E-state index is 0.192. The molecule has 154 valence electrons. The van der Waals surface area contributed by atoms with Crippen LogP contribution in [0.5, 0.6) is 0 Å². The highest BCUT2D eigenvalue weighted by atomic mass is 16.7. The number of carbonyl (C=O) groups excluding carboxylic acids is 1. The minimum Gasteiger partial charge on any atom is -0.464 e. The van der Waals surface area contributed by atoms with Crippen LogP contribution in [-0.4, -0.2) is 19.7 Å². The van der Waals surface area contributed by atoms with Gasteiger partial charge in [-0.15, -0.1) is 0 Å². The molecule has 0 aromatic heterocycles. The van der Waals surface area contributed by atoms with E-state index < -0.39 is 0 Å². The standard InChI is InChI=1S/C23H44O3/c1-3-5-7-9-11-12-13-15-17-19-23(21-24)26-22-25-20-18-16-14-10-8-6-4-2/h19,21H,3-18,20,22H2,1-2H3. The van der Waals surface area contributed by atoms with Crippen LogP contribution < -0.4 is 0 Å². The van der Waals surface area contributed by atoms with E-state index in [1.807, 2.05) is 6.08 Å². The number of hydrogen-bond donors (Lipinski definition) is 0. The van der Waals surface area contributed by atoms with Crippen LogP contribution >= 0.6 is 0 Å². The molecule has 0 spiro atoms. The highest BCUT2D eigenvalue weighted by molar-refractivity contribution is 5.69. The van der Waals surface area contributed by atoms with Crippen LogP contribution in [-0.2, 0) is 14.3 Å². The zero-order chi connectivity index (χ0) is 19.1. The molecule has 0 bridgehead atoms. The van der Waals surface area contributed by atoms with Crippen molar-refractivity contribution in [3.8, 4) is 0 Å². The summed E-state index contributed by atoms with van der Waals surface area (Å²) in [6, 6.07) is 0. The smallest absolute Gasteiger partial charge is 0.189 e. The van der Waals surface area contributed by atoms with Gasteiger partial charge in [-0.25, -0.2) is 0 Å². The first-order valence-electron chi connectivity index (χ1n) is 11.2. The van der Waals surface area contributed by atoms with Crippen LogP contribution in [0.4, 0.5) is 0 Å². The Morgan fingerprint density at radius 2 is 1.19 bits per heavy atom. The summed E-state index contributed by atoms with van der Waals surface area (Å²) in [6.45, 7) is 5.40. The Balaban J connectivity index is 3.41. The first-order valence-corrected chi connectivity index (χ1v) is 11.2. The molecule has 0 saturated carbocycles. The molecule has 0 heterocycles. The second-order valence-electron chi connectivity index (χ2n) is 7.28. The Hall–Kier alpha value is -0.830. The normalized spacial score (nSPS) is 11.7. The van der Waals surface area contributed by atoms with Gasteiger partial charge in [-0.1, -0.05) is 97.3 Å². The molecule has 26 heavy (non-hydrogen) atoms. The van der Waals surface area contributed by atoms with Gasteiger partial charge >= 0.3 is 0 Å². The number of ether oxygens (including phenoxy) is 2. The molecule has 0 atom stereocenters. The highest BCUT2D eigenvalue weighted by Crippen LogP contribution is 2.11. The molecule has 0 saturated heterocycles. The first-order chi connectivity index (χ1) is 12.8. The van der Waals surface area contributed by atoms with Crippen molar-refractivity contribution in [3.63, 3.8) is 0 Å². The number of aldehydes is 1. The van der Waals surface area contributed by atoms with Crippen molar-refractivity contribution in [3.05, 3.63) is 11.8 Å². The van der Waals surface area contributed by atoms with Crippen molar-refractivity contribution >= 4 is 6.29 Å². The number of unbranched alkanes of at least 4 members (excludes halogenated alkanes) is 14. The van der Waals surface area contributed by atoms with Crippen molar-refractivity contribution < 1.29 is 14.3 Å². The molecule has 0 aromatic rings. The van der Waals surface area contributed by atoms with E-state index in [4.69, 9.17) is 9.47 Å². The molecule has 3 nitrogen and oxygen atoms in total. The van der Waals surface area contributed by atoms with Gasteiger partial charge in [-0.2, -0.15) is 0 Å². The Labute approximate surface area is 162 Å². The summed E-state index contributed by atoms with van der Waals surface area (Å²) in [5.74, 6) is 0.424. The molecule has 0 aliphatic carbocycles. The van der Waals surface area contributed by atoms with Crippen LogP contribution in [0.15, 0.2) is 11.8 Å². The van der Waals surface area contributed by atoms with E-state index in [9.17, 15) is 4.79 Å². The zero-order valence-corrected chi connectivity index (χ0v) is 17.6. The highest BCUT2D eigenvalue weighted by Gasteiger charge is 1.97. The van der Waals surface area contributed by atoms with Crippen molar-refractivity contribution in [2.45, 2.75) is 117 Å². The number of hydrogen-bond acceptors (Lipinski definition) is 3. The fourth-order valence-corrected chi connectivity index (χ4v) is 2.99. The van der Waals surface area contributed by atoms with Crippen molar-refractivity contribution in [2.24, 2.45) is 0 Å². The molecule has 0 rings (SSSR count). The van der Waals surface area contributed by atoms with Gasteiger partial charge in [0, 0.05) is 0 Å². The van der Waals surface area contributed by atoms with E-state index in [0.29, 0.717) is 5.76 Å². The maximum absolute atomic E-state index is 11.0. The maximum Gasteiger partial charge on any atom is 0.189 e. The average Bonchev–Trinajstić information content (AvgIpc) is 2.66. The SMILES string of the molecule is CCCCCCCCCCC=C(C=O)OCOCCCCCCCCC. The molecule has 0 aliphatic heterocycles. The van der Waals surface area contributed by atoms with Gasteiger partial charge in [0.25, 0.3) is 0 Å². The first kappa shape index (κ1) is 25.2. The molecule has 0 aliphatic rings. The lowest BCUT2D eigenvalue weighted by Gasteiger charge is -2.07. The van der Waals surface area contributed by atoms with Crippen LogP contribution in [0.25, 0.3) is 0 Å². The molecule has 0 fully saturated rings. The molecule has 0 unspecified atom stereocenters. The monoisotopic (exact) mass is 368 g/mol. The van der Waals surface area contributed by atoms with Crippen LogP contribution in [0.2, 0.25) is 0 Å². The lowest BCUT2D eigenvalue weighted by atomic mass is 10.1. The van der Waals surface area contributed by atoms with Crippen LogP contribution in [0.1, 0.15) is 117 Å². The summed E-state index contributed by atoms with van der Waals surface area (Å²) >= 11 is 0. The maximum atomic E-state index is 11.0. The molecule has 0 N–H and O–H groups in total. The van der Waals surface area contributed by atoms with Gasteiger partial charge < -0.3 is 9.47 Å². The Morgan fingerprint density at radius 1 is 0.692 bits per heavy atom. The zero-order valence-electron chi connectivity index (χ0n) is 17.6. The fourth-order valence-electron chi connectivity index (χ4n) is 2.99. The van der Waals surface area contributed by atoms with Crippen LogP contribution in [0, 0.1) is 0 Å². The van der Waals surface area contributed by atoms with Gasteiger partial charge in [-0.3, -0.25) is 4.79 Å². The molecular formula is C23H44O3. The summed E-state index contributed by atoms with van der Waals surface area (Å²) in [4.78, 5) is 11.0.